The van der Waals surface area contributed by atoms with E-state index < -0.39 is 18.2 Å². The first-order valence-corrected chi connectivity index (χ1v) is 8.38. The first kappa shape index (κ1) is 18.5. The van der Waals surface area contributed by atoms with E-state index in [1.165, 1.54) is 0 Å². The van der Waals surface area contributed by atoms with Crippen LogP contribution >= 0.6 is 11.6 Å². The molecule has 1 aromatic carbocycles. The largest absolute Gasteiger partial charge is 0.479 e. The summed E-state index contributed by atoms with van der Waals surface area (Å²) in [7, 11) is 0. The predicted molar refractivity (Wildman–Crippen MR) is 89.1 cm³/mol. The normalized spacial score (nSPS) is 17.0. The zero-order chi connectivity index (χ0) is 17.5. The molecule has 132 valence electrons. The molecule has 24 heavy (non-hydrogen) atoms. The molecule has 0 radical (unpaired) electrons. The van der Waals surface area contributed by atoms with E-state index in [4.69, 9.17) is 25.8 Å². The van der Waals surface area contributed by atoms with Crippen molar-refractivity contribution in [3.63, 3.8) is 0 Å². The Balaban J connectivity index is 1.90. The topological polar surface area (TPSA) is 65.1 Å². The number of nitrogens with zero attached hydrogens (tertiary/aromatic N) is 1. The van der Waals surface area contributed by atoms with Crippen LogP contribution < -0.4 is 4.74 Å². The first-order valence-electron chi connectivity index (χ1n) is 8.00. The van der Waals surface area contributed by atoms with Gasteiger partial charge in [-0.05, 0) is 37.6 Å². The average molecular weight is 356 g/mol. The van der Waals surface area contributed by atoms with Gasteiger partial charge in [0.15, 0.2) is 12.2 Å². The molecule has 1 aliphatic rings. The fourth-order valence-corrected chi connectivity index (χ4v) is 2.44. The van der Waals surface area contributed by atoms with Crippen molar-refractivity contribution in [2.45, 2.75) is 32.5 Å². The van der Waals surface area contributed by atoms with Gasteiger partial charge < -0.3 is 19.1 Å². The molecular weight excluding hydrogens is 334 g/mol. The highest BCUT2D eigenvalue weighted by Crippen LogP contribution is 2.18. The first-order chi connectivity index (χ1) is 11.5. The van der Waals surface area contributed by atoms with Gasteiger partial charge in [-0.3, -0.25) is 4.79 Å². The molecule has 0 N–H and O–H groups in total. The fourth-order valence-electron chi connectivity index (χ4n) is 2.32. The quantitative estimate of drug-likeness (QED) is 0.732. The Bertz CT molecular complexity index is 557. The molecule has 1 fully saturated rings. The van der Waals surface area contributed by atoms with Gasteiger partial charge in [-0.2, -0.15) is 0 Å². The van der Waals surface area contributed by atoms with Crippen LogP contribution in [0.2, 0.25) is 5.02 Å². The number of carbonyl (C=O) groups is 2. The van der Waals surface area contributed by atoms with Gasteiger partial charge in [0.1, 0.15) is 5.75 Å². The Hall–Kier alpha value is -1.79. The van der Waals surface area contributed by atoms with Crippen LogP contribution in [0.15, 0.2) is 24.3 Å². The third-order valence-corrected chi connectivity index (χ3v) is 3.94. The predicted octanol–water partition coefficient (Wildman–Crippen LogP) is 2.29. The summed E-state index contributed by atoms with van der Waals surface area (Å²) in [4.78, 5) is 26.2. The molecule has 0 saturated carbocycles. The molecule has 2 atom stereocenters. The van der Waals surface area contributed by atoms with Crippen LogP contribution in [0.1, 0.15) is 20.3 Å². The van der Waals surface area contributed by atoms with E-state index >= 15 is 0 Å². The Morgan fingerprint density at radius 3 is 2.46 bits per heavy atom. The monoisotopic (exact) mass is 355 g/mol. The lowest BCUT2D eigenvalue weighted by Gasteiger charge is -2.29. The maximum Gasteiger partial charge on any atom is 0.348 e. The third kappa shape index (κ3) is 5.11. The van der Waals surface area contributed by atoms with Crippen molar-refractivity contribution in [1.82, 2.24) is 4.90 Å². The van der Waals surface area contributed by atoms with Crippen molar-refractivity contribution in [2.24, 2.45) is 0 Å². The van der Waals surface area contributed by atoms with Crippen molar-refractivity contribution in [1.29, 1.82) is 0 Å². The maximum absolute atomic E-state index is 12.3. The van der Waals surface area contributed by atoms with E-state index in [1.54, 1.807) is 36.1 Å². The second-order valence-corrected chi connectivity index (χ2v) is 5.92. The third-order valence-electron chi connectivity index (χ3n) is 3.69. The van der Waals surface area contributed by atoms with E-state index in [-0.39, 0.29) is 5.91 Å². The van der Waals surface area contributed by atoms with Crippen LogP contribution in [-0.4, -0.2) is 55.3 Å². The summed E-state index contributed by atoms with van der Waals surface area (Å²) in [6.07, 6.45) is -1.19. The van der Waals surface area contributed by atoms with Gasteiger partial charge in [0.25, 0.3) is 5.91 Å². The van der Waals surface area contributed by atoms with Gasteiger partial charge in [-0.15, -0.1) is 0 Å². The summed E-state index contributed by atoms with van der Waals surface area (Å²) < 4.78 is 16.1. The number of halogens is 1. The van der Waals surface area contributed by atoms with Gasteiger partial charge in [0.05, 0.1) is 13.2 Å². The van der Waals surface area contributed by atoms with Crippen LogP contribution in [0.3, 0.4) is 0 Å². The molecule has 1 saturated heterocycles. The summed E-state index contributed by atoms with van der Waals surface area (Å²) >= 11 is 5.82. The van der Waals surface area contributed by atoms with Crippen molar-refractivity contribution in [2.75, 3.05) is 26.3 Å². The number of amides is 1. The molecule has 0 unspecified atom stereocenters. The highest BCUT2D eigenvalue weighted by molar-refractivity contribution is 6.30. The number of esters is 1. The smallest absolute Gasteiger partial charge is 0.348 e. The van der Waals surface area contributed by atoms with Gasteiger partial charge in [0, 0.05) is 18.1 Å². The molecule has 7 heteroatoms. The number of benzene rings is 1. The molecule has 6 nitrogen and oxygen atoms in total. The van der Waals surface area contributed by atoms with Crippen molar-refractivity contribution >= 4 is 23.5 Å². The Kier molecular flexibility index (Phi) is 6.87. The second-order valence-electron chi connectivity index (χ2n) is 5.49. The number of ether oxygens (including phenoxy) is 3. The zero-order valence-electron chi connectivity index (χ0n) is 13.9. The zero-order valence-corrected chi connectivity index (χ0v) is 14.6. The summed E-state index contributed by atoms with van der Waals surface area (Å²) in [5.41, 5.74) is 0. The van der Waals surface area contributed by atoms with E-state index in [1.807, 2.05) is 6.92 Å². The van der Waals surface area contributed by atoms with E-state index in [0.717, 1.165) is 0 Å². The summed E-state index contributed by atoms with van der Waals surface area (Å²) in [5.74, 6) is -0.245. The standard InChI is InChI=1S/C17H22ClNO5/c1-3-15(24-14-6-4-13(18)5-7-14)17(21)23-12(2)16(20)19-8-10-22-11-9-19/h4-7,12,15H,3,8-11H2,1-2H3/t12-,15+/m0/s1. The summed E-state index contributed by atoms with van der Waals surface area (Å²) in [6.45, 7) is 5.42. The lowest BCUT2D eigenvalue weighted by atomic mass is 10.2. The molecule has 2 rings (SSSR count). The molecule has 1 aliphatic heterocycles. The molecule has 1 heterocycles. The van der Waals surface area contributed by atoms with Gasteiger partial charge in [0.2, 0.25) is 0 Å². The maximum atomic E-state index is 12.3. The fraction of sp³-hybridized carbons (Fsp3) is 0.529. The van der Waals surface area contributed by atoms with Crippen molar-refractivity contribution in [3.8, 4) is 5.75 Å². The summed E-state index contributed by atoms with van der Waals surface area (Å²) in [6, 6.07) is 6.72. The molecule has 0 spiro atoms. The number of carbonyl (C=O) groups excluding carboxylic acids is 2. The minimum atomic E-state index is -0.849. The minimum Gasteiger partial charge on any atom is -0.479 e. The SMILES string of the molecule is CC[C@@H](Oc1ccc(Cl)cc1)C(=O)O[C@@H](C)C(=O)N1CCOCC1. The van der Waals surface area contributed by atoms with Crippen LogP contribution in [0.25, 0.3) is 0 Å². The Labute approximate surface area is 146 Å². The second kappa shape index (κ2) is 8.89. The van der Waals surface area contributed by atoms with Crippen LogP contribution in [0.4, 0.5) is 0 Å². The molecular formula is C17H22ClNO5. The van der Waals surface area contributed by atoms with E-state index in [9.17, 15) is 9.59 Å². The minimum absolute atomic E-state index is 0.215. The highest BCUT2D eigenvalue weighted by atomic mass is 35.5. The molecule has 0 aliphatic carbocycles. The van der Waals surface area contributed by atoms with Gasteiger partial charge in [-0.1, -0.05) is 18.5 Å². The number of morpholine rings is 1. The lowest BCUT2D eigenvalue weighted by molar-refractivity contribution is -0.166. The molecule has 1 amide bonds. The van der Waals surface area contributed by atoms with Crippen molar-refractivity contribution < 1.29 is 23.8 Å². The van der Waals surface area contributed by atoms with Crippen LogP contribution in [-0.2, 0) is 19.1 Å². The molecule has 1 aromatic rings. The Morgan fingerprint density at radius 2 is 1.88 bits per heavy atom. The lowest BCUT2D eigenvalue weighted by Crippen LogP contribution is -2.46. The van der Waals surface area contributed by atoms with E-state index in [0.29, 0.717) is 43.5 Å². The summed E-state index contributed by atoms with van der Waals surface area (Å²) in [5, 5.41) is 0.586. The molecule has 0 aromatic heterocycles. The highest BCUT2D eigenvalue weighted by Gasteiger charge is 2.28. The van der Waals surface area contributed by atoms with E-state index in [2.05, 4.69) is 0 Å². The number of hydrogen-bond acceptors (Lipinski definition) is 5. The Morgan fingerprint density at radius 1 is 1.25 bits per heavy atom. The van der Waals surface area contributed by atoms with Crippen LogP contribution in [0, 0.1) is 0 Å². The van der Waals surface area contributed by atoms with Gasteiger partial charge in [-0.25, -0.2) is 4.79 Å². The van der Waals surface area contributed by atoms with Gasteiger partial charge >= 0.3 is 5.97 Å². The average Bonchev–Trinajstić information content (AvgIpc) is 2.61. The molecule has 0 bridgehead atoms. The number of hydrogen-bond donors (Lipinski definition) is 0. The number of rotatable bonds is 6. The van der Waals surface area contributed by atoms with Crippen LogP contribution in [0.5, 0.6) is 5.75 Å². The van der Waals surface area contributed by atoms with Crippen molar-refractivity contribution in [3.05, 3.63) is 29.3 Å².